The topological polar surface area (TPSA) is 94.0 Å². The van der Waals surface area contributed by atoms with Gasteiger partial charge in [0.25, 0.3) is 5.56 Å². The molecule has 0 spiro atoms. The number of piperazine rings is 1. The van der Waals surface area contributed by atoms with Crippen LogP contribution >= 0.6 is 0 Å². The SMILES string of the molecule is CCOC(=O)N1CCN(C(=O)Cn2nc(-c3cccc(OC)c3)ccc2=O)CC1. The highest BCUT2D eigenvalue weighted by atomic mass is 16.6. The van der Waals surface area contributed by atoms with Crippen molar-refractivity contribution in [2.45, 2.75) is 13.5 Å². The molecule has 0 N–H and O–H groups in total. The number of aromatic nitrogens is 2. The second kappa shape index (κ2) is 9.22. The Balaban J connectivity index is 1.68. The summed E-state index contributed by atoms with van der Waals surface area (Å²) in [6, 6.07) is 10.3. The highest BCUT2D eigenvalue weighted by molar-refractivity contribution is 5.76. The predicted octanol–water partition coefficient (Wildman–Crippen LogP) is 1.22. The van der Waals surface area contributed by atoms with E-state index in [1.807, 2.05) is 24.3 Å². The van der Waals surface area contributed by atoms with E-state index in [4.69, 9.17) is 9.47 Å². The van der Waals surface area contributed by atoms with Crippen LogP contribution < -0.4 is 10.3 Å². The van der Waals surface area contributed by atoms with Crippen LogP contribution in [0.3, 0.4) is 0 Å². The van der Waals surface area contributed by atoms with E-state index in [9.17, 15) is 14.4 Å². The minimum atomic E-state index is -0.372. The summed E-state index contributed by atoms with van der Waals surface area (Å²) in [5.41, 5.74) is 1.01. The van der Waals surface area contributed by atoms with E-state index in [0.717, 1.165) is 10.2 Å². The molecular weight excluding hydrogens is 376 g/mol. The molecule has 154 valence electrons. The third-order valence-electron chi connectivity index (χ3n) is 4.68. The van der Waals surface area contributed by atoms with E-state index in [-0.39, 0.29) is 24.1 Å². The van der Waals surface area contributed by atoms with Gasteiger partial charge in [0.05, 0.1) is 19.4 Å². The fourth-order valence-electron chi connectivity index (χ4n) is 3.08. The van der Waals surface area contributed by atoms with Gasteiger partial charge in [-0.2, -0.15) is 5.10 Å². The van der Waals surface area contributed by atoms with Crippen molar-refractivity contribution in [3.8, 4) is 17.0 Å². The van der Waals surface area contributed by atoms with Gasteiger partial charge in [-0.1, -0.05) is 12.1 Å². The molecule has 1 aliphatic heterocycles. The average molecular weight is 400 g/mol. The number of ether oxygens (including phenoxy) is 2. The van der Waals surface area contributed by atoms with Crippen LogP contribution in [0, 0.1) is 0 Å². The molecule has 1 saturated heterocycles. The Kier molecular flexibility index (Phi) is 6.48. The zero-order chi connectivity index (χ0) is 20.8. The highest BCUT2D eigenvalue weighted by Gasteiger charge is 2.25. The van der Waals surface area contributed by atoms with Crippen LogP contribution in [0.4, 0.5) is 4.79 Å². The molecule has 29 heavy (non-hydrogen) atoms. The molecule has 0 unspecified atom stereocenters. The van der Waals surface area contributed by atoms with Gasteiger partial charge in [0, 0.05) is 37.8 Å². The van der Waals surface area contributed by atoms with Crippen LogP contribution in [-0.2, 0) is 16.1 Å². The summed E-state index contributed by atoms with van der Waals surface area (Å²) in [6.45, 7) is 3.49. The standard InChI is InChI=1S/C20H24N4O5/c1-3-29-20(27)23-11-9-22(10-12-23)19(26)14-24-18(25)8-7-17(21-24)15-5-4-6-16(13-15)28-2/h4-8,13H,3,9-12,14H2,1-2H3. The lowest BCUT2D eigenvalue weighted by atomic mass is 10.1. The van der Waals surface area contributed by atoms with Gasteiger partial charge in [-0.05, 0) is 25.1 Å². The Morgan fingerprint density at radius 2 is 1.79 bits per heavy atom. The Morgan fingerprint density at radius 3 is 2.48 bits per heavy atom. The largest absolute Gasteiger partial charge is 0.497 e. The Morgan fingerprint density at radius 1 is 1.07 bits per heavy atom. The van der Waals surface area contributed by atoms with Crippen molar-refractivity contribution in [1.29, 1.82) is 0 Å². The third-order valence-corrected chi connectivity index (χ3v) is 4.68. The summed E-state index contributed by atoms with van der Waals surface area (Å²) in [5.74, 6) is 0.462. The maximum Gasteiger partial charge on any atom is 0.409 e. The average Bonchev–Trinajstić information content (AvgIpc) is 2.75. The van der Waals surface area contributed by atoms with Crippen LogP contribution in [0.15, 0.2) is 41.2 Å². The summed E-state index contributed by atoms with van der Waals surface area (Å²) in [7, 11) is 1.58. The number of rotatable bonds is 5. The van der Waals surface area contributed by atoms with Crippen molar-refractivity contribution in [3.63, 3.8) is 0 Å². The number of amides is 2. The monoisotopic (exact) mass is 400 g/mol. The molecule has 3 rings (SSSR count). The van der Waals surface area contributed by atoms with Crippen LogP contribution in [0.1, 0.15) is 6.92 Å². The molecule has 0 radical (unpaired) electrons. The van der Waals surface area contributed by atoms with E-state index in [1.54, 1.807) is 29.9 Å². The molecule has 0 saturated carbocycles. The molecule has 1 aromatic heterocycles. The van der Waals surface area contributed by atoms with Crippen molar-refractivity contribution < 1.29 is 19.1 Å². The Bertz CT molecular complexity index is 934. The number of nitrogens with zero attached hydrogens (tertiary/aromatic N) is 4. The number of hydrogen-bond acceptors (Lipinski definition) is 6. The van der Waals surface area contributed by atoms with Crippen LogP contribution in [0.2, 0.25) is 0 Å². The normalized spacial score (nSPS) is 13.9. The van der Waals surface area contributed by atoms with Gasteiger partial charge in [0.1, 0.15) is 12.3 Å². The minimum Gasteiger partial charge on any atom is -0.497 e. The van der Waals surface area contributed by atoms with Gasteiger partial charge < -0.3 is 19.3 Å². The third kappa shape index (κ3) is 4.92. The first kappa shape index (κ1) is 20.4. The maximum atomic E-state index is 12.6. The number of carbonyl (C=O) groups excluding carboxylic acids is 2. The zero-order valence-electron chi connectivity index (χ0n) is 16.5. The van der Waals surface area contributed by atoms with Crippen molar-refractivity contribution in [2.75, 3.05) is 39.9 Å². The molecular formula is C20H24N4O5. The fraction of sp³-hybridized carbons (Fsp3) is 0.400. The minimum absolute atomic E-state index is 0.157. The second-order valence-corrected chi connectivity index (χ2v) is 6.51. The molecule has 9 heteroatoms. The molecule has 0 bridgehead atoms. The van der Waals surface area contributed by atoms with Gasteiger partial charge >= 0.3 is 6.09 Å². The summed E-state index contributed by atoms with van der Waals surface area (Å²) in [6.07, 6.45) is -0.372. The van der Waals surface area contributed by atoms with E-state index >= 15 is 0 Å². The number of carbonyl (C=O) groups is 2. The first-order chi connectivity index (χ1) is 14.0. The second-order valence-electron chi connectivity index (χ2n) is 6.51. The highest BCUT2D eigenvalue weighted by Crippen LogP contribution is 2.21. The van der Waals surface area contributed by atoms with Gasteiger partial charge in [0.15, 0.2) is 0 Å². The van der Waals surface area contributed by atoms with Crippen molar-refractivity contribution in [3.05, 3.63) is 46.8 Å². The first-order valence-corrected chi connectivity index (χ1v) is 9.44. The first-order valence-electron chi connectivity index (χ1n) is 9.44. The maximum absolute atomic E-state index is 12.6. The van der Waals surface area contributed by atoms with E-state index in [0.29, 0.717) is 44.2 Å². The summed E-state index contributed by atoms with van der Waals surface area (Å²) in [4.78, 5) is 39.8. The molecule has 9 nitrogen and oxygen atoms in total. The van der Waals surface area contributed by atoms with Gasteiger partial charge in [-0.15, -0.1) is 0 Å². The van der Waals surface area contributed by atoms with Crippen LogP contribution in [0.5, 0.6) is 5.75 Å². The lowest BCUT2D eigenvalue weighted by molar-refractivity contribution is -0.133. The molecule has 1 fully saturated rings. The van der Waals surface area contributed by atoms with Crippen molar-refractivity contribution in [2.24, 2.45) is 0 Å². The molecule has 2 heterocycles. The summed E-state index contributed by atoms with van der Waals surface area (Å²) in [5, 5.41) is 4.34. The van der Waals surface area contributed by atoms with Crippen molar-refractivity contribution in [1.82, 2.24) is 19.6 Å². The van der Waals surface area contributed by atoms with Crippen LogP contribution in [-0.4, -0.2) is 71.5 Å². The zero-order valence-corrected chi connectivity index (χ0v) is 16.5. The number of benzene rings is 1. The smallest absolute Gasteiger partial charge is 0.409 e. The molecule has 2 aromatic rings. The predicted molar refractivity (Wildman–Crippen MR) is 106 cm³/mol. The lowest BCUT2D eigenvalue weighted by Crippen LogP contribution is -2.51. The summed E-state index contributed by atoms with van der Waals surface area (Å²) >= 11 is 0. The van der Waals surface area contributed by atoms with E-state index in [2.05, 4.69) is 5.10 Å². The fourth-order valence-corrected chi connectivity index (χ4v) is 3.08. The molecule has 0 aliphatic carbocycles. The van der Waals surface area contributed by atoms with E-state index in [1.165, 1.54) is 6.07 Å². The number of hydrogen-bond donors (Lipinski definition) is 0. The van der Waals surface area contributed by atoms with E-state index < -0.39 is 0 Å². The van der Waals surface area contributed by atoms with Crippen molar-refractivity contribution >= 4 is 12.0 Å². The van der Waals surface area contributed by atoms with Gasteiger partial charge in [0.2, 0.25) is 5.91 Å². The number of methoxy groups -OCH3 is 1. The Labute approximate surface area is 168 Å². The molecule has 1 aromatic carbocycles. The summed E-state index contributed by atoms with van der Waals surface area (Å²) < 4.78 is 11.4. The van der Waals surface area contributed by atoms with Crippen LogP contribution in [0.25, 0.3) is 11.3 Å². The van der Waals surface area contributed by atoms with Gasteiger partial charge in [-0.25, -0.2) is 9.48 Å². The molecule has 0 atom stereocenters. The quantitative estimate of drug-likeness (QED) is 0.749. The van der Waals surface area contributed by atoms with Gasteiger partial charge in [-0.3, -0.25) is 9.59 Å². The Hall–Kier alpha value is -3.36. The molecule has 1 aliphatic rings. The lowest BCUT2D eigenvalue weighted by Gasteiger charge is -2.34. The molecule has 2 amide bonds.